The molecular formula is C21H27N3OS. The maximum absolute atomic E-state index is 5.46. The van der Waals surface area contributed by atoms with E-state index >= 15 is 0 Å². The molecule has 26 heavy (non-hydrogen) atoms. The number of aromatic nitrogens is 1. The van der Waals surface area contributed by atoms with Crippen molar-refractivity contribution in [3.8, 4) is 5.75 Å². The van der Waals surface area contributed by atoms with Crippen molar-refractivity contribution < 1.29 is 4.74 Å². The zero-order chi connectivity index (χ0) is 17.8. The van der Waals surface area contributed by atoms with Crippen LogP contribution >= 0.6 is 11.8 Å². The van der Waals surface area contributed by atoms with Crippen LogP contribution in [0.5, 0.6) is 5.75 Å². The number of ether oxygens (including phenoxy) is 1. The first-order valence-corrected chi connectivity index (χ1v) is 10.5. The highest BCUT2D eigenvalue weighted by molar-refractivity contribution is 7.99. The molecule has 0 radical (unpaired) electrons. The molecule has 138 valence electrons. The molecule has 3 heterocycles. The Hall–Kier alpha value is -1.72. The van der Waals surface area contributed by atoms with Gasteiger partial charge in [0.05, 0.1) is 7.11 Å². The summed E-state index contributed by atoms with van der Waals surface area (Å²) in [6.45, 7) is 5.47. The van der Waals surface area contributed by atoms with Crippen LogP contribution in [0.1, 0.15) is 24.3 Å². The van der Waals surface area contributed by atoms with Crippen LogP contribution < -0.4 is 9.64 Å². The second-order valence-electron chi connectivity index (χ2n) is 7.05. The highest BCUT2D eigenvalue weighted by atomic mass is 32.2. The second-order valence-corrected chi connectivity index (χ2v) is 8.11. The van der Waals surface area contributed by atoms with Gasteiger partial charge in [-0.1, -0.05) is 18.2 Å². The minimum atomic E-state index is 0.746. The fourth-order valence-electron chi connectivity index (χ4n) is 3.99. The van der Waals surface area contributed by atoms with E-state index in [0.717, 1.165) is 43.7 Å². The molecule has 4 rings (SSSR count). The summed E-state index contributed by atoms with van der Waals surface area (Å²) in [5.41, 5.74) is 1.57. The summed E-state index contributed by atoms with van der Waals surface area (Å²) < 4.78 is 5.46. The van der Waals surface area contributed by atoms with Gasteiger partial charge in [-0.25, -0.2) is 4.98 Å². The van der Waals surface area contributed by atoms with Crippen molar-refractivity contribution >= 4 is 17.6 Å². The third kappa shape index (κ3) is 3.84. The molecule has 1 fully saturated rings. The summed E-state index contributed by atoms with van der Waals surface area (Å²) in [7, 11) is 1.72. The van der Waals surface area contributed by atoms with Crippen LogP contribution in [0.3, 0.4) is 0 Å². The van der Waals surface area contributed by atoms with E-state index in [1.165, 1.54) is 30.0 Å². The molecule has 0 saturated carbocycles. The van der Waals surface area contributed by atoms with Gasteiger partial charge in [-0.05, 0) is 49.1 Å². The van der Waals surface area contributed by atoms with E-state index < -0.39 is 0 Å². The van der Waals surface area contributed by atoms with Crippen molar-refractivity contribution in [3.05, 3.63) is 48.2 Å². The Morgan fingerprint density at radius 1 is 1.12 bits per heavy atom. The summed E-state index contributed by atoms with van der Waals surface area (Å²) in [6, 6.07) is 12.8. The molecular weight excluding hydrogens is 342 g/mol. The quantitative estimate of drug-likeness (QED) is 0.771. The van der Waals surface area contributed by atoms with E-state index in [1.54, 1.807) is 12.7 Å². The van der Waals surface area contributed by atoms with Gasteiger partial charge in [0, 0.05) is 43.0 Å². The van der Waals surface area contributed by atoms with E-state index in [1.807, 2.05) is 30.1 Å². The van der Waals surface area contributed by atoms with Gasteiger partial charge in [0.15, 0.2) is 11.6 Å². The fraction of sp³-hybridized carbons (Fsp3) is 0.476. The summed E-state index contributed by atoms with van der Waals surface area (Å²) in [5, 5.41) is 0. The van der Waals surface area contributed by atoms with Crippen LogP contribution in [0.15, 0.2) is 47.5 Å². The minimum Gasteiger partial charge on any atom is -0.493 e. The lowest BCUT2D eigenvalue weighted by Crippen LogP contribution is -2.47. The van der Waals surface area contributed by atoms with Crippen LogP contribution in [0.4, 0.5) is 5.82 Å². The molecule has 1 aromatic carbocycles. The van der Waals surface area contributed by atoms with E-state index in [9.17, 15) is 0 Å². The van der Waals surface area contributed by atoms with E-state index in [-0.39, 0.29) is 0 Å². The number of hydrogen-bond acceptors (Lipinski definition) is 5. The normalized spacial score (nSPS) is 20.2. The highest BCUT2D eigenvalue weighted by Crippen LogP contribution is 2.41. The first-order chi connectivity index (χ1) is 12.8. The zero-order valence-electron chi connectivity index (χ0n) is 15.4. The Bertz CT molecular complexity index is 731. The predicted octanol–water partition coefficient (Wildman–Crippen LogP) is 3.88. The summed E-state index contributed by atoms with van der Waals surface area (Å²) >= 11 is 2.02. The topological polar surface area (TPSA) is 28.6 Å². The molecule has 1 aromatic heterocycles. The minimum absolute atomic E-state index is 0.746. The average molecular weight is 370 g/mol. The number of methoxy groups -OCH3 is 1. The molecule has 1 saturated heterocycles. The highest BCUT2D eigenvalue weighted by Gasteiger charge is 2.23. The van der Waals surface area contributed by atoms with Gasteiger partial charge in [-0.15, -0.1) is 11.8 Å². The molecule has 0 amide bonds. The Kier molecular flexibility index (Phi) is 5.65. The molecule has 4 nitrogen and oxygen atoms in total. The number of anilines is 1. The SMILES string of the molecule is COc1cccnc1N1CCN(CCCC2CSc3ccccc32)CC1. The lowest BCUT2D eigenvalue weighted by molar-refractivity contribution is 0.250. The molecule has 0 aliphatic carbocycles. The summed E-state index contributed by atoms with van der Waals surface area (Å²) in [5.74, 6) is 3.86. The van der Waals surface area contributed by atoms with Crippen LogP contribution in [-0.4, -0.2) is 55.5 Å². The second kappa shape index (κ2) is 8.31. The summed E-state index contributed by atoms with van der Waals surface area (Å²) in [6.07, 6.45) is 4.44. The van der Waals surface area contributed by atoms with Crippen LogP contribution in [0.2, 0.25) is 0 Å². The number of thioether (sulfide) groups is 1. The molecule has 2 aliphatic rings. The van der Waals surface area contributed by atoms with Crippen molar-refractivity contribution in [2.24, 2.45) is 0 Å². The van der Waals surface area contributed by atoms with Crippen LogP contribution in [-0.2, 0) is 0 Å². The van der Waals surface area contributed by atoms with Gasteiger partial charge in [-0.3, -0.25) is 4.90 Å². The number of nitrogens with zero attached hydrogens (tertiary/aromatic N) is 3. The van der Waals surface area contributed by atoms with E-state index in [0.29, 0.717) is 0 Å². The fourth-order valence-corrected chi connectivity index (χ4v) is 5.29. The molecule has 0 N–H and O–H groups in total. The largest absolute Gasteiger partial charge is 0.493 e. The van der Waals surface area contributed by atoms with Crippen LogP contribution in [0, 0.1) is 0 Å². The van der Waals surface area contributed by atoms with Crippen molar-refractivity contribution in [1.29, 1.82) is 0 Å². The van der Waals surface area contributed by atoms with Gasteiger partial charge >= 0.3 is 0 Å². The Morgan fingerprint density at radius 3 is 2.81 bits per heavy atom. The lowest BCUT2D eigenvalue weighted by atomic mass is 9.96. The lowest BCUT2D eigenvalue weighted by Gasteiger charge is -2.36. The van der Waals surface area contributed by atoms with Crippen molar-refractivity contribution in [1.82, 2.24) is 9.88 Å². The van der Waals surface area contributed by atoms with Gasteiger partial charge in [0.1, 0.15) is 0 Å². The Morgan fingerprint density at radius 2 is 1.96 bits per heavy atom. The molecule has 2 aliphatic heterocycles. The maximum atomic E-state index is 5.46. The molecule has 1 atom stereocenters. The molecule has 1 unspecified atom stereocenters. The number of fused-ring (bicyclic) bond motifs is 1. The maximum Gasteiger partial charge on any atom is 0.171 e. The Labute approximate surface area is 160 Å². The van der Waals surface area contributed by atoms with Crippen molar-refractivity contribution in [2.45, 2.75) is 23.7 Å². The number of hydrogen-bond donors (Lipinski definition) is 0. The first-order valence-electron chi connectivity index (χ1n) is 9.53. The average Bonchev–Trinajstić information content (AvgIpc) is 3.12. The van der Waals surface area contributed by atoms with Crippen molar-refractivity contribution in [3.63, 3.8) is 0 Å². The van der Waals surface area contributed by atoms with Gasteiger partial charge in [-0.2, -0.15) is 0 Å². The number of rotatable bonds is 6. The standard InChI is InChI=1S/C21H27N3OS/c1-25-19-8-4-10-22-21(19)24-14-12-23(13-15-24)11-5-6-17-16-26-20-9-3-2-7-18(17)20/h2-4,7-10,17H,5-6,11-16H2,1H3. The van der Waals surface area contributed by atoms with Crippen LogP contribution in [0.25, 0.3) is 0 Å². The van der Waals surface area contributed by atoms with Gasteiger partial charge in [0.2, 0.25) is 0 Å². The van der Waals surface area contributed by atoms with Crippen molar-refractivity contribution in [2.75, 3.05) is 50.5 Å². The Balaban J connectivity index is 1.24. The molecule has 5 heteroatoms. The number of pyridine rings is 1. The van der Waals surface area contributed by atoms with Gasteiger partial charge in [0.25, 0.3) is 0 Å². The monoisotopic (exact) mass is 369 g/mol. The summed E-state index contributed by atoms with van der Waals surface area (Å²) in [4.78, 5) is 11.0. The first kappa shape index (κ1) is 17.7. The third-order valence-electron chi connectivity index (χ3n) is 5.47. The molecule has 2 aromatic rings. The van der Waals surface area contributed by atoms with Gasteiger partial charge < -0.3 is 9.64 Å². The molecule has 0 bridgehead atoms. The number of benzene rings is 1. The number of piperazine rings is 1. The smallest absolute Gasteiger partial charge is 0.171 e. The van der Waals surface area contributed by atoms with E-state index in [4.69, 9.17) is 4.74 Å². The van der Waals surface area contributed by atoms with E-state index in [2.05, 4.69) is 39.0 Å². The predicted molar refractivity (Wildman–Crippen MR) is 109 cm³/mol. The third-order valence-corrected chi connectivity index (χ3v) is 6.72. The molecule has 0 spiro atoms. The zero-order valence-corrected chi connectivity index (χ0v) is 16.3.